The Morgan fingerprint density at radius 2 is 1.64 bits per heavy atom. The number of Topliss-reactive ketones (excluding diaryl/α,β-unsaturated/α-hetero) is 1. The molecule has 3 fully saturated rings. The third-order valence-corrected chi connectivity index (χ3v) is 6.47. The normalized spacial score (nSPS) is 31.2. The fraction of sp³-hybridized carbons (Fsp3) is 0.318. The molecule has 142 valence electrons. The Kier molecular flexibility index (Phi) is 3.91. The zero-order valence-corrected chi connectivity index (χ0v) is 15.2. The number of halogens is 1. The van der Waals surface area contributed by atoms with E-state index in [0.29, 0.717) is 11.3 Å². The molecule has 1 N–H and O–H groups in total. The number of carbonyl (C=O) groups excluding carboxylic acids is 3. The number of carbonyl (C=O) groups is 3. The van der Waals surface area contributed by atoms with Gasteiger partial charge in [0.05, 0.1) is 12.2 Å². The molecule has 2 aromatic rings. The summed E-state index contributed by atoms with van der Waals surface area (Å²) in [6, 6.07) is 13.7. The summed E-state index contributed by atoms with van der Waals surface area (Å²) in [5.74, 6) is -2.17. The number of nitrogens with one attached hydrogen (secondary N) is 1. The predicted octanol–water partition coefficient (Wildman–Crippen LogP) is 1.24. The first-order valence-electron chi connectivity index (χ1n) is 9.66. The summed E-state index contributed by atoms with van der Waals surface area (Å²) in [7, 11) is 0. The summed E-state index contributed by atoms with van der Waals surface area (Å²) in [6.07, 6.45) is 1.77. The van der Waals surface area contributed by atoms with Crippen LogP contribution in [-0.2, 0) is 9.59 Å². The average molecular weight is 379 g/mol. The lowest BCUT2D eigenvalue weighted by atomic mass is 9.85. The molecule has 3 aliphatic heterocycles. The number of hydrogen-bond donors (Lipinski definition) is 1. The van der Waals surface area contributed by atoms with Gasteiger partial charge in [0.15, 0.2) is 6.04 Å². The van der Waals surface area contributed by atoms with Crippen LogP contribution in [0.3, 0.4) is 0 Å². The largest absolute Gasteiger partial charge is 0.322 e. The minimum atomic E-state index is -0.648. The first-order valence-corrected chi connectivity index (χ1v) is 9.66. The van der Waals surface area contributed by atoms with Crippen LogP contribution in [0.15, 0.2) is 54.6 Å². The van der Waals surface area contributed by atoms with E-state index >= 15 is 0 Å². The summed E-state index contributed by atoms with van der Waals surface area (Å²) in [6.45, 7) is 0.779. The number of benzene rings is 2. The highest BCUT2D eigenvalue weighted by Crippen LogP contribution is 2.40. The number of ketones is 1. The van der Waals surface area contributed by atoms with Crippen LogP contribution in [0.5, 0.6) is 0 Å². The van der Waals surface area contributed by atoms with Crippen molar-refractivity contribution in [3.8, 4) is 0 Å². The van der Waals surface area contributed by atoms with Crippen LogP contribution >= 0.6 is 0 Å². The lowest BCUT2D eigenvalue weighted by molar-refractivity contribution is -0.915. The second kappa shape index (κ2) is 6.34. The quantitative estimate of drug-likeness (QED) is 0.645. The topological polar surface area (TPSA) is 58.9 Å². The third-order valence-electron chi connectivity index (χ3n) is 6.47. The Morgan fingerprint density at radius 1 is 0.964 bits per heavy atom. The Balaban J connectivity index is 1.55. The first-order chi connectivity index (χ1) is 13.6. The monoisotopic (exact) mass is 379 g/mol. The maximum atomic E-state index is 13.3. The number of amides is 2. The van der Waals surface area contributed by atoms with E-state index < -0.39 is 23.7 Å². The van der Waals surface area contributed by atoms with Gasteiger partial charge < -0.3 is 4.90 Å². The molecule has 2 aromatic carbocycles. The minimum Gasteiger partial charge on any atom is -0.322 e. The molecule has 0 saturated carbocycles. The Morgan fingerprint density at radius 3 is 2.36 bits per heavy atom. The second-order valence-corrected chi connectivity index (χ2v) is 7.82. The number of imide groups is 1. The van der Waals surface area contributed by atoms with Gasteiger partial charge in [0.2, 0.25) is 17.6 Å². The van der Waals surface area contributed by atoms with Crippen molar-refractivity contribution >= 4 is 23.3 Å². The lowest BCUT2D eigenvalue weighted by Crippen LogP contribution is -3.16. The fourth-order valence-electron chi connectivity index (χ4n) is 5.37. The van der Waals surface area contributed by atoms with Crippen LogP contribution in [0.4, 0.5) is 10.1 Å². The summed E-state index contributed by atoms with van der Waals surface area (Å²) < 4.78 is 13.3. The molecule has 6 heteroatoms. The molecule has 2 amide bonds. The van der Waals surface area contributed by atoms with Gasteiger partial charge in [-0.15, -0.1) is 0 Å². The third kappa shape index (κ3) is 2.37. The zero-order chi connectivity index (χ0) is 19.4. The highest BCUT2D eigenvalue weighted by Gasteiger charge is 2.68. The second-order valence-electron chi connectivity index (χ2n) is 7.82. The van der Waals surface area contributed by atoms with E-state index in [1.54, 1.807) is 24.3 Å². The van der Waals surface area contributed by atoms with Crippen LogP contribution in [-0.4, -0.2) is 36.2 Å². The van der Waals surface area contributed by atoms with E-state index in [9.17, 15) is 18.8 Å². The molecule has 0 aliphatic carbocycles. The molecule has 0 aromatic heterocycles. The van der Waals surface area contributed by atoms with Crippen molar-refractivity contribution in [2.75, 3.05) is 11.4 Å². The molecule has 5 nitrogen and oxygen atoms in total. The molecule has 1 unspecified atom stereocenters. The molecule has 3 aliphatic rings. The van der Waals surface area contributed by atoms with Crippen LogP contribution in [0.2, 0.25) is 0 Å². The molecule has 0 bridgehead atoms. The van der Waals surface area contributed by atoms with Crippen molar-refractivity contribution < 1.29 is 23.7 Å². The Bertz CT molecular complexity index is 960. The summed E-state index contributed by atoms with van der Waals surface area (Å²) >= 11 is 0. The lowest BCUT2D eigenvalue weighted by Gasteiger charge is -2.25. The Hall–Kier alpha value is -2.86. The number of rotatable bonds is 3. The van der Waals surface area contributed by atoms with Gasteiger partial charge in [-0.2, -0.15) is 0 Å². The van der Waals surface area contributed by atoms with Crippen LogP contribution in [0, 0.1) is 17.7 Å². The van der Waals surface area contributed by atoms with Gasteiger partial charge in [-0.05, 0) is 36.4 Å². The van der Waals surface area contributed by atoms with Gasteiger partial charge in [0.1, 0.15) is 23.7 Å². The van der Waals surface area contributed by atoms with Crippen LogP contribution < -0.4 is 9.80 Å². The Labute approximate surface area is 161 Å². The summed E-state index contributed by atoms with van der Waals surface area (Å²) in [5.41, 5.74) is 0.947. The maximum absolute atomic E-state index is 13.3. The van der Waals surface area contributed by atoms with Gasteiger partial charge >= 0.3 is 0 Å². The number of quaternary nitrogens is 1. The van der Waals surface area contributed by atoms with E-state index in [2.05, 4.69) is 0 Å². The minimum absolute atomic E-state index is 0.00967. The van der Waals surface area contributed by atoms with Crippen molar-refractivity contribution in [3.63, 3.8) is 0 Å². The number of fused-ring (bicyclic) bond motifs is 3. The molecule has 28 heavy (non-hydrogen) atoms. The smallest absolute Gasteiger partial charge is 0.244 e. The molecule has 5 rings (SSSR count). The van der Waals surface area contributed by atoms with E-state index in [0.717, 1.165) is 24.3 Å². The SMILES string of the molecule is O=C(c1ccc(F)cc1)[C@@H]1[C@@H]2C(=O)N(c3ccccc3)C(=O)[C@@H]2[C@H]2CCC[NH+]21. The molecular weight excluding hydrogens is 359 g/mol. The standard InChI is InChI=1S/C22H19FN2O3/c23-14-10-8-13(9-11-14)20(26)19-18-17(16-7-4-12-24(16)19)21(27)25(22(18)28)15-5-2-1-3-6-15/h1-3,5-6,8-11,16-19H,4,7,12H2/p+1/t16-,17-,18-,19+/m1/s1. The van der Waals surface area contributed by atoms with Crippen molar-refractivity contribution in [1.29, 1.82) is 0 Å². The van der Waals surface area contributed by atoms with E-state index in [1.165, 1.54) is 29.2 Å². The molecule has 3 heterocycles. The number of hydrogen-bond acceptors (Lipinski definition) is 3. The number of para-hydroxylation sites is 1. The molecule has 3 saturated heterocycles. The van der Waals surface area contributed by atoms with Crippen molar-refractivity contribution in [2.24, 2.45) is 11.8 Å². The van der Waals surface area contributed by atoms with E-state index in [1.807, 2.05) is 6.07 Å². The average Bonchev–Trinajstić information content (AvgIpc) is 3.35. The van der Waals surface area contributed by atoms with E-state index in [4.69, 9.17) is 0 Å². The van der Waals surface area contributed by atoms with Gasteiger partial charge in [-0.25, -0.2) is 9.29 Å². The highest BCUT2D eigenvalue weighted by atomic mass is 19.1. The summed E-state index contributed by atoms with van der Waals surface area (Å²) in [4.78, 5) is 42.1. The first kappa shape index (κ1) is 17.3. The van der Waals surface area contributed by atoms with Gasteiger partial charge in [0.25, 0.3) is 0 Å². The molecule has 0 spiro atoms. The molecule has 5 atom stereocenters. The van der Waals surface area contributed by atoms with Gasteiger partial charge in [-0.1, -0.05) is 18.2 Å². The highest BCUT2D eigenvalue weighted by molar-refractivity contribution is 6.24. The van der Waals surface area contributed by atoms with Gasteiger partial charge in [0, 0.05) is 18.4 Å². The number of anilines is 1. The van der Waals surface area contributed by atoms with Crippen molar-refractivity contribution in [2.45, 2.75) is 24.9 Å². The summed E-state index contributed by atoms with van der Waals surface area (Å²) in [5, 5.41) is 0. The predicted molar refractivity (Wildman–Crippen MR) is 99.3 cm³/mol. The van der Waals surface area contributed by atoms with Gasteiger partial charge in [-0.3, -0.25) is 14.4 Å². The zero-order valence-electron chi connectivity index (χ0n) is 15.2. The van der Waals surface area contributed by atoms with Crippen molar-refractivity contribution in [3.05, 3.63) is 66.0 Å². The van der Waals surface area contributed by atoms with Crippen LogP contribution in [0.25, 0.3) is 0 Å². The van der Waals surface area contributed by atoms with Crippen LogP contribution in [0.1, 0.15) is 23.2 Å². The number of nitrogens with zero attached hydrogens (tertiary/aromatic N) is 1. The maximum Gasteiger partial charge on any atom is 0.244 e. The fourth-order valence-corrected chi connectivity index (χ4v) is 5.37. The molecular formula is C22H20FN2O3+. The van der Waals surface area contributed by atoms with E-state index in [-0.39, 0.29) is 23.6 Å². The van der Waals surface area contributed by atoms with Crippen molar-refractivity contribution in [1.82, 2.24) is 0 Å². The molecule has 0 radical (unpaired) electrons.